The van der Waals surface area contributed by atoms with E-state index in [4.69, 9.17) is 18.9 Å². The summed E-state index contributed by atoms with van der Waals surface area (Å²) in [5, 5.41) is 24.0. The van der Waals surface area contributed by atoms with Gasteiger partial charge in [0.15, 0.2) is 0 Å². The lowest BCUT2D eigenvalue weighted by Crippen LogP contribution is -2.06. The third-order valence-electron chi connectivity index (χ3n) is 11.2. The van der Waals surface area contributed by atoms with Crippen LogP contribution in [0.2, 0.25) is 0 Å². The zero-order chi connectivity index (χ0) is 40.2. The molecule has 7 aromatic carbocycles. The number of methoxy groups -OCH3 is 4. The van der Waals surface area contributed by atoms with E-state index >= 15 is 0 Å². The third kappa shape index (κ3) is 5.66. The molecule has 9 rings (SSSR count). The molecule has 0 bridgehead atoms. The summed E-state index contributed by atoms with van der Waals surface area (Å²) in [6.07, 6.45) is 0. The lowest BCUT2D eigenvalue weighted by molar-refractivity contribution is 0.415. The number of nitriles is 2. The first kappa shape index (κ1) is 36.0. The minimum Gasteiger partial charge on any atom is -0.497 e. The first-order valence-corrected chi connectivity index (χ1v) is 18.8. The molecule has 282 valence electrons. The van der Waals surface area contributed by atoms with Crippen LogP contribution in [0.1, 0.15) is 22.3 Å². The highest BCUT2D eigenvalue weighted by atomic mass is 16.5. The van der Waals surface area contributed by atoms with Crippen molar-refractivity contribution >= 4 is 43.6 Å². The minimum absolute atomic E-state index is 0.576. The maximum absolute atomic E-state index is 10.0. The molecule has 0 unspecified atom stereocenters. The van der Waals surface area contributed by atoms with E-state index in [9.17, 15) is 10.5 Å². The van der Waals surface area contributed by atoms with Crippen molar-refractivity contribution in [3.8, 4) is 68.8 Å². The number of nitrogens with zero attached hydrogens (tertiary/aromatic N) is 4. The Bertz CT molecular complexity index is 2960. The highest BCUT2D eigenvalue weighted by Crippen LogP contribution is 2.47. The van der Waals surface area contributed by atoms with Gasteiger partial charge in [-0.25, -0.2) is 0 Å². The van der Waals surface area contributed by atoms with E-state index in [2.05, 4.69) is 88.9 Å². The van der Waals surface area contributed by atoms with E-state index in [1.807, 2.05) is 67.6 Å². The predicted molar refractivity (Wildman–Crippen MR) is 231 cm³/mol. The maximum atomic E-state index is 10.0. The fourth-order valence-electron chi connectivity index (χ4n) is 8.45. The van der Waals surface area contributed by atoms with Crippen molar-refractivity contribution in [3.63, 3.8) is 0 Å². The van der Waals surface area contributed by atoms with Gasteiger partial charge in [-0.1, -0.05) is 12.1 Å². The molecule has 0 radical (unpaired) electrons. The lowest BCUT2D eigenvalue weighted by atomic mass is 9.90. The van der Waals surface area contributed by atoms with E-state index in [0.717, 1.165) is 111 Å². The first-order chi connectivity index (χ1) is 28.3. The molecular formula is C50H38N4O4. The van der Waals surface area contributed by atoms with Gasteiger partial charge in [-0.15, -0.1) is 0 Å². The molecule has 9 aromatic rings. The van der Waals surface area contributed by atoms with Gasteiger partial charge in [0.25, 0.3) is 0 Å². The summed E-state index contributed by atoms with van der Waals surface area (Å²) in [4.78, 5) is 0. The molecule has 0 spiro atoms. The maximum Gasteiger partial charge on any atom is 0.120 e. The zero-order valence-electron chi connectivity index (χ0n) is 33.0. The van der Waals surface area contributed by atoms with Crippen LogP contribution >= 0.6 is 0 Å². The van der Waals surface area contributed by atoms with Gasteiger partial charge in [-0.2, -0.15) is 10.5 Å². The summed E-state index contributed by atoms with van der Waals surface area (Å²) in [5.41, 5.74) is 12.5. The van der Waals surface area contributed by atoms with Crippen molar-refractivity contribution in [2.75, 3.05) is 28.4 Å². The summed E-state index contributed by atoms with van der Waals surface area (Å²) in [7, 11) is 6.72. The molecule has 0 saturated heterocycles. The van der Waals surface area contributed by atoms with E-state index < -0.39 is 0 Å². The quantitative estimate of drug-likeness (QED) is 0.153. The summed E-state index contributed by atoms with van der Waals surface area (Å²) in [6, 6.07) is 45.5. The Balaban J connectivity index is 1.56. The molecule has 2 heterocycles. The molecule has 0 amide bonds. The van der Waals surface area contributed by atoms with Crippen LogP contribution in [0.5, 0.6) is 23.0 Å². The van der Waals surface area contributed by atoms with Crippen LogP contribution in [0.4, 0.5) is 0 Å². The van der Waals surface area contributed by atoms with Gasteiger partial charge in [0.1, 0.15) is 23.0 Å². The van der Waals surface area contributed by atoms with Crippen LogP contribution < -0.4 is 18.9 Å². The van der Waals surface area contributed by atoms with Crippen LogP contribution in [-0.2, 0) is 0 Å². The Morgan fingerprint density at radius 1 is 0.414 bits per heavy atom. The average Bonchev–Trinajstić information content (AvgIpc) is 3.76. The van der Waals surface area contributed by atoms with Crippen LogP contribution in [0.3, 0.4) is 0 Å². The molecule has 8 heteroatoms. The second kappa shape index (κ2) is 14.1. The van der Waals surface area contributed by atoms with Crippen LogP contribution in [0.25, 0.3) is 77.2 Å². The molecule has 0 aliphatic rings. The summed E-state index contributed by atoms with van der Waals surface area (Å²) in [6.45, 7) is 4.10. The summed E-state index contributed by atoms with van der Waals surface area (Å²) in [5.74, 6) is 2.89. The van der Waals surface area contributed by atoms with Crippen molar-refractivity contribution < 1.29 is 18.9 Å². The lowest BCUT2D eigenvalue weighted by Gasteiger charge is -2.24. The zero-order valence-corrected chi connectivity index (χ0v) is 33.0. The van der Waals surface area contributed by atoms with E-state index in [1.165, 1.54) is 0 Å². The number of aryl methyl sites for hydroxylation is 2. The second-order valence-corrected chi connectivity index (χ2v) is 14.4. The Hall–Kier alpha value is -7.68. The Labute approximate surface area is 335 Å². The van der Waals surface area contributed by atoms with Crippen molar-refractivity contribution in [2.24, 2.45) is 0 Å². The molecule has 2 aromatic heterocycles. The largest absolute Gasteiger partial charge is 0.497 e. The number of ether oxygens (including phenoxy) is 4. The van der Waals surface area contributed by atoms with Gasteiger partial charge in [-0.05, 0) is 127 Å². The number of benzene rings is 7. The van der Waals surface area contributed by atoms with Gasteiger partial charge >= 0.3 is 0 Å². The molecule has 0 fully saturated rings. The van der Waals surface area contributed by atoms with Gasteiger partial charge in [0, 0.05) is 51.4 Å². The molecular weight excluding hydrogens is 721 g/mol. The molecule has 58 heavy (non-hydrogen) atoms. The highest BCUT2D eigenvalue weighted by molar-refractivity contribution is 6.13. The van der Waals surface area contributed by atoms with Gasteiger partial charge < -0.3 is 28.1 Å². The summed E-state index contributed by atoms with van der Waals surface area (Å²) < 4.78 is 28.0. The van der Waals surface area contributed by atoms with Gasteiger partial charge in [0.2, 0.25) is 0 Å². The molecule has 0 aliphatic heterocycles. The van der Waals surface area contributed by atoms with Crippen molar-refractivity contribution in [1.29, 1.82) is 10.5 Å². The molecule has 0 atom stereocenters. The van der Waals surface area contributed by atoms with Crippen molar-refractivity contribution in [2.45, 2.75) is 13.8 Å². The van der Waals surface area contributed by atoms with Crippen molar-refractivity contribution in [1.82, 2.24) is 9.13 Å². The predicted octanol–water partition coefficient (Wildman–Crippen LogP) is 11.6. The third-order valence-corrected chi connectivity index (χ3v) is 11.2. The summed E-state index contributed by atoms with van der Waals surface area (Å²) >= 11 is 0. The number of aromatic nitrogens is 2. The number of fused-ring (bicyclic) bond motifs is 6. The number of hydrogen-bond acceptors (Lipinski definition) is 6. The molecule has 0 N–H and O–H groups in total. The van der Waals surface area contributed by atoms with Crippen LogP contribution in [0.15, 0.2) is 121 Å². The second-order valence-electron chi connectivity index (χ2n) is 14.4. The molecule has 0 saturated carbocycles. The molecule has 8 nitrogen and oxygen atoms in total. The van der Waals surface area contributed by atoms with Crippen LogP contribution in [0, 0.1) is 36.5 Å². The first-order valence-electron chi connectivity index (χ1n) is 18.8. The van der Waals surface area contributed by atoms with Gasteiger partial charge in [0.05, 0.1) is 85.1 Å². The smallest absolute Gasteiger partial charge is 0.120 e. The Kier molecular flexibility index (Phi) is 8.76. The molecule has 0 aliphatic carbocycles. The standard InChI is InChI=1S/C50H38N4O4/c1-29-19-31(27-51)7-13-38(29)33-21-48(53-44-23-34(55-3)9-15-40(44)41-16-10-35(56-4)24-45(41)53)50(39-14-8-32(28-52)20-30(39)2)49(22-33)54-46-25-36(57-5)11-17-42(46)43-18-12-37(58-6)26-47(43)54/h7-26H,1-6H3. The number of hydrogen-bond donors (Lipinski definition) is 0. The topological polar surface area (TPSA) is 94.4 Å². The minimum atomic E-state index is 0.576. The van der Waals surface area contributed by atoms with Crippen molar-refractivity contribution in [3.05, 3.63) is 144 Å². The monoisotopic (exact) mass is 758 g/mol. The van der Waals surface area contributed by atoms with Crippen LogP contribution in [-0.4, -0.2) is 37.6 Å². The Morgan fingerprint density at radius 2 is 0.759 bits per heavy atom. The normalized spacial score (nSPS) is 11.2. The van der Waals surface area contributed by atoms with E-state index in [-0.39, 0.29) is 0 Å². The highest BCUT2D eigenvalue weighted by Gasteiger charge is 2.26. The van der Waals surface area contributed by atoms with E-state index in [0.29, 0.717) is 11.1 Å². The number of rotatable bonds is 8. The fraction of sp³-hybridized carbons (Fsp3) is 0.120. The SMILES string of the molecule is COc1ccc2c3ccc(OC)cc3n(-c3cc(-c4ccc(C#N)cc4C)cc(-n4c5cc(OC)ccc5c5ccc(OC)cc54)c3-c3ccc(C#N)cc3C)c2c1. The van der Waals surface area contributed by atoms with E-state index in [1.54, 1.807) is 28.4 Å². The Morgan fingerprint density at radius 3 is 1.07 bits per heavy atom. The fourth-order valence-corrected chi connectivity index (χ4v) is 8.45. The average molecular weight is 759 g/mol. The van der Waals surface area contributed by atoms with Gasteiger partial charge in [-0.3, -0.25) is 0 Å².